The van der Waals surface area contributed by atoms with Crippen LogP contribution in [0.4, 0.5) is 0 Å². The molecule has 1 aromatic heterocycles. The van der Waals surface area contributed by atoms with Gasteiger partial charge in [0.15, 0.2) is 0 Å². The highest BCUT2D eigenvalue weighted by atomic mass is 16.3. The van der Waals surface area contributed by atoms with Crippen molar-refractivity contribution in [3.63, 3.8) is 0 Å². The molecule has 0 bridgehead atoms. The quantitative estimate of drug-likeness (QED) is 0.128. The lowest BCUT2D eigenvalue weighted by Crippen LogP contribution is -2.51. The highest BCUT2D eigenvalue weighted by Crippen LogP contribution is 2.44. The number of furan rings is 1. The van der Waals surface area contributed by atoms with Crippen molar-refractivity contribution in [2.75, 3.05) is 0 Å². The summed E-state index contributed by atoms with van der Waals surface area (Å²) in [5.74, 6) is 0. The Morgan fingerprint density at radius 1 is 0.221 bits per heavy atom. The Balaban J connectivity index is 1.39. The Morgan fingerprint density at radius 2 is 0.529 bits per heavy atom. The molecule has 0 aliphatic rings. The van der Waals surface area contributed by atoms with E-state index in [0.29, 0.717) is 21.9 Å². The first-order valence-electron chi connectivity index (χ1n) is 20.8. The van der Waals surface area contributed by atoms with E-state index in [-0.39, 0.29) is 159 Å². The lowest BCUT2D eigenvalue weighted by Gasteiger charge is -2.32. The molecule has 0 aliphatic heterocycles. The summed E-state index contributed by atoms with van der Waals surface area (Å²) >= 11 is 0. The summed E-state index contributed by atoms with van der Waals surface area (Å²) in [4.78, 5) is 0. The molecule has 266 valence electrons. The van der Waals surface area contributed by atoms with Crippen molar-refractivity contribution in [2.45, 2.75) is 0 Å². The lowest BCUT2D eigenvalue weighted by molar-refractivity contribution is 0.675. The maximum Gasteiger partial charge on any atom is 0.127 e. The zero-order chi connectivity index (χ0) is 48.8. The molecule has 0 atom stereocenters. The fourth-order valence-corrected chi connectivity index (χ4v) is 9.89. The van der Waals surface area contributed by atoms with Crippen molar-refractivity contribution >= 4 is 307 Å². The molecule has 20 heteroatoms. The average Bonchev–Trinajstić information content (AvgIpc) is 3.75. The minimum Gasteiger partial charge on any atom is -0.457 e. The number of rotatable bonds is 4. The van der Waals surface area contributed by atoms with Crippen molar-refractivity contribution in [3.8, 4) is 44.5 Å². The Morgan fingerprint density at radius 3 is 1.00 bits per heavy atom. The van der Waals surface area contributed by atoms with Crippen molar-refractivity contribution in [3.05, 3.63) is 66.7 Å². The molecule has 68 heavy (non-hydrogen) atoms. The topological polar surface area (TPSA) is 13.1 Å². The normalized spacial score (nSPS) is 11.8. The Hall–Kier alpha value is -5.21. The molecule has 10 aromatic rings. The smallest absolute Gasteiger partial charge is 0.127 e. The van der Waals surface area contributed by atoms with Gasteiger partial charge in [-0.15, -0.1) is 32.8 Å². The van der Waals surface area contributed by atoms with Crippen molar-refractivity contribution < 1.29 is 4.42 Å². The van der Waals surface area contributed by atoms with Crippen LogP contribution in [-0.2, 0) is 0 Å². The van der Waals surface area contributed by atoms with Gasteiger partial charge in [-0.25, -0.2) is 0 Å². The van der Waals surface area contributed by atoms with E-state index >= 15 is 0 Å². The van der Waals surface area contributed by atoms with Gasteiger partial charge in [0.25, 0.3) is 0 Å². The van der Waals surface area contributed by atoms with Crippen molar-refractivity contribution in [1.29, 1.82) is 0 Å². The fourth-order valence-electron chi connectivity index (χ4n) is 9.89. The van der Waals surface area contributed by atoms with E-state index < -0.39 is 0 Å². The minimum atomic E-state index is -0.148. The van der Waals surface area contributed by atoms with Gasteiger partial charge in [-0.2, -0.15) is 0 Å². The van der Waals surface area contributed by atoms with Crippen molar-refractivity contribution in [2.24, 2.45) is 0 Å². The van der Waals surface area contributed by atoms with E-state index in [1.54, 1.807) is 0 Å². The van der Waals surface area contributed by atoms with Crippen LogP contribution >= 0.6 is 0 Å². The van der Waals surface area contributed by atoms with Gasteiger partial charge in [-0.1, -0.05) is 138 Å². The molecule has 38 radical (unpaired) electrons. The molecule has 1 nitrogen and oxygen atoms in total. The standard InChI is InChI=1S/C48H11B19O/c49-28-24(37(58)45(66)47-26(28)27-38(59)43(64)44(65)46(67)48(27)68-47)25-35(56)33(54)23(34(55)36(25)57)18-21-19(29(50)39(60)41(62)31(21)52)17(20-22(18)32(53)42(63)40(61)30(20)51)16-11-10-13(12-6-2-1-3-7-12)14-8-4-5-9-15(14)16/h1-11H. The molecule has 1 heterocycles. The van der Waals surface area contributed by atoms with E-state index in [1.165, 1.54) is 0 Å². The molecule has 9 aromatic carbocycles. The van der Waals surface area contributed by atoms with Crippen LogP contribution in [0.1, 0.15) is 0 Å². The maximum absolute atomic E-state index is 7.20. The predicted molar refractivity (Wildman–Crippen MR) is 310 cm³/mol. The first-order valence-corrected chi connectivity index (χ1v) is 20.8. The van der Waals surface area contributed by atoms with Crippen LogP contribution in [-0.4, -0.2) is 149 Å². The molecule has 0 saturated heterocycles. The molecule has 0 spiro atoms. The van der Waals surface area contributed by atoms with Gasteiger partial charge >= 0.3 is 0 Å². The first-order chi connectivity index (χ1) is 32.2. The van der Waals surface area contributed by atoms with Gasteiger partial charge in [0.1, 0.15) is 160 Å². The molecule has 0 N–H and O–H groups in total. The Kier molecular flexibility index (Phi) is 11.3. The number of fused-ring (bicyclic) bond motifs is 6. The third kappa shape index (κ3) is 6.23. The number of benzene rings is 9. The second-order valence-electron chi connectivity index (χ2n) is 16.8. The van der Waals surface area contributed by atoms with E-state index in [1.807, 2.05) is 66.7 Å². The zero-order valence-electron chi connectivity index (χ0n) is 36.2. The van der Waals surface area contributed by atoms with Gasteiger partial charge in [-0.05, 0) is 76.8 Å². The van der Waals surface area contributed by atoms with E-state index in [9.17, 15) is 0 Å². The molecule has 0 amide bonds. The first kappa shape index (κ1) is 46.5. The van der Waals surface area contributed by atoms with Crippen LogP contribution in [0.2, 0.25) is 0 Å². The van der Waals surface area contributed by atoms with Gasteiger partial charge in [0, 0.05) is 10.8 Å². The number of hydrogen-bond acceptors (Lipinski definition) is 1. The third-order valence-electron chi connectivity index (χ3n) is 13.4. The zero-order valence-corrected chi connectivity index (χ0v) is 36.2. The van der Waals surface area contributed by atoms with Crippen LogP contribution < -0.4 is 104 Å². The molecule has 0 saturated carbocycles. The monoisotopic (exact) mass is 812 g/mol. The summed E-state index contributed by atoms with van der Waals surface area (Å²) < 4.78 is 6.10. The van der Waals surface area contributed by atoms with E-state index in [4.69, 9.17) is 153 Å². The summed E-state index contributed by atoms with van der Waals surface area (Å²) in [5.41, 5.74) is 2.65. The van der Waals surface area contributed by atoms with Gasteiger partial charge in [0.2, 0.25) is 0 Å². The SMILES string of the molecule is [B]c1c([B])c(-c2c3c([B])c([B])c([B])c([B])c3c(-c3ccc(-c4ccccc4)c4ccccc34)c3c([B])c([B])c([B])c([B])c23)c([B])c([B])c1-c1c([B])c([B])c2oc3c([B])c([B])c([B])c([B])c3c2c1[B]. The molecule has 10 rings (SSSR count). The molecule has 0 fully saturated rings. The number of hydrogen-bond donors (Lipinski definition) is 0. The highest BCUT2D eigenvalue weighted by Gasteiger charge is 2.30. The van der Waals surface area contributed by atoms with Crippen LogP contribution in [0.25, 0.3) is 98.8 Å². The highest BCUT2D eigenvalue weighted by molar-refractivity contribution is 6.74. The minimum absolute atomic E-state index is 0.00150. The molecule has 0 unspecified atom stereocenters. The summed E-state index contributed by atoms with van der Waals surface area (Å²) in [6.07, 6.45) is 0. The molecular formula is C48H11B19O. The summed E-state index contributed by atoms with van der Waals surface area (Å²) in [5, 5.41) is 3.16. The van der Waals surface area contributed by atoms with Crippen molar-refractivity contribution in [1.82, 2.24) is 0 Å². The lowest BCUT2D eigenvalue weighted by atomic mass is 9.56. The van der Waals surface area contributed by atoms with E-state index in [2.05, 4.69) is 0 Å². The summed E-state index contributed by atoms with van der Waals surface area (Å²) in [7, 11) is 130. The predicted octanol–water partition coefficient (Wildman–Crippen LogP) is -9.20. The van der Waals surface area contributed by atoms with Crippen LogP contribution in [0.15, 0.2) is 71.1 Å². The Labute approximate surface area is 420 Å². The maximum atomic E-state index is 7.20. The molecular weight excluding hydrogens is 798 g/mol. The second-order valence-corrected chi connectivity index (χ2v) is 16.8. The van der Waals surface area contributed by atoms with Crippen LogP contribution in [0.3, 0.4) is 0 Å². The van der Waals surface area contributed by atoms with Crippen LogP contribution in [0.5, 0.6) is 0 Å². The average molecular weight is 809 g/mol. The molecule has 0 aliphatic carbocycles. The summed E-state index contributed by atoms with van der Waals surface area (Å²) in [6.45, 7) is 0. The van der Waals surface area contributed by atoms with Gasteiger partial charge in [-0.3, -0.25) is 0 Å². The van der Waals surface area contributed by atoms with Gasteiger partial charge < -0.3 is 4.42 Å². The summed E-state index contributed by atoms with van der Waals surface area (Å²) in [6, 6.07) is 21.7. The third-order valence-corrected chi connectivity index (χ3v) is 13.4. The largest absolute Gasteiger partial charge is 0.457 e. The van der Waals surface area contributed by atoms with Crippen LogP contribution in [0, 0.1) is 0 Å². The fraction of sp³-hybridized carbons (Fsp3) is 0. The van der Waals surface area contributed by atoms with Gasteiger partial charge in [0.05, 0.1) is 0 Å². The second kappa shape index (κ2) is 16.5. The Bertz CT molecular complexity index is 3850. The van der Waals surface area contributed by atoms with E-state index in [0.717, 1.165) is 21.9 Å².